The smallest absolute Gasteiger partial charge is 0.242 e. The van der Waals surface area contributed by atoms with Gasteiger partial charge in [-0.25, -0.2) is 17.7 Å². The fraction of sp³-hybridized carbons (Fsp3) is 0.844. The van der Waals surface area contributed by atoms with Gasteiger partial charge in [-0.05, 0) is 38.5 Å². The molecule has 0 bridgehead atoms. The van der Waals surface area contributed by atoms with Crippen molar-refractivity contribution < 1.29 is 61.8 Å². The molecule has 3 unspecified atom stereocenters. The summed E-state index contributed by atoms with van der Waals surface area (Å²) in [7, 11) is -2.69. The van der Waals surface area contributed by atoms with Gasteiger partial charge in [0.25, 0.3) is 0 Å². The molecule has 0 aromatic heterocycles. The fourth-order valence-corrected chi connectivity index (χ4v) is 6.17. The molecule has 21 nitrogen and oxygen atoms in total. The van der Waals surface area contributed by atoms with Crippen molar-refractivity contribution in [2.45, 2.75) is 76.5 Å². The molecule has 1 rings (SSSR count). The summed E-state index contributed by atoms with van der Waals surface area (Å²) >= 11 is 0. The number of carbonyl (C=O) groups is 5. The Morgan fingerprint density at radius 2 is 1.07 bits per heavy atom. The van der Waals surface area contributed by atoms with Crippen LogP contribution in [0.5, 0.6) is 0 Å². The van der Waals surface area contributed by atoms with E-state index in [1.54, 1.807) is 13.6 Å². The minimum atomic E-state index is -2.69. The van der Waals surface area contributed by atoms with Crippen LogP contribution in [-0.4, -0.2) is 140 Å². The third-order valence-corrected chi connectivity index (χ3v) is 10.2. The summed E-state index contributed by atoms with van der Waals surface area (Å²) in [5, 5.41) is 13.5. The average Bonchev–Trinajstić information content (AvgIpc) is 3.15. The molecule has 0 aliphatic heterocycles. The molecular formula is C32H63N8O13P. The summed E-state index contributed by atoms with van der Waals surface area (Å²) in [6.45, 7) is 5.65. The Kier molecular flexibility index (Phi) is 27.7. The normalized spacial score (nSPS) is 17.8. The van der Waals surface area contributed by atoms with E-state index in [0.717, 1.165) is 0 Å². The number of hydrogen-bond donors (Lipinski definition) is 8. The second-order valence-electron chi connectivity index (χ2n) is 12.5. The number of carbonyl (C=O) groups excluding carboxylic acids is 5. The zero-order valence-electron chi connectivity index (χ0n) is 31.6. The molecular weight excluding hydrogens is 735 g/mol. The third-order valence-electron chi connectivity index (χ3n) is 8.29. The molecule has 54 heavy (non-hydrogen) atoms. The quantitative estimate of drug-likeness (QED) is 0.0209. The molecule has 0 saturated heterocycles. The third kappa shape index (κ3) is 23.9. The monoisotopic (exact) mass is 798 g/mol. The van der Waals surface area contributed by atoms with Gasteiger partial charge in [0.1, 0.15) is 12.1 Å². The van der Waals surface area contributed by atoms with Crippen LogP contribution in [0.3, 0.4) is 0 Å². The minimum Gasteiger partial charge on any atom is -0.377 e. The van der Waals surface area contributed by atoms with Gasteiger partial charge in [-0.15, -0.1) is 0 Å². The molecule has 0 heterocycles. The molecule has 1 fully saturated rings. The first kappa shape index (κ1) is 49.2. The predicted octanol–water partition coefficient (Wildman–Crippen LogP) is -1.91. The molecule has 11 N–H and O–H groups in total. The number of ether oxygens (including phenoxy) is 3. The van der Waals surface area contributed by atoms with E-state index >= 15 is 0 Å². The standard InChI is InChI=1S/C32H63N8O13P/c1-3-54(2,46)53-25-6-4-24(5-7-25)30(43)40-27(32(45)38-14-17-49-20-23-52-35)9-11-29(42)39-26(31(44)37-13-16-48-19-22-51-34)8-10-28(41)36-12-15-47-18-21-50-33/h24-27H,3-23,33-35H2,1-2H3,(H,36,41)(H,37,44)(H,38,45)(H,39,42)(H,40,43). The molecule has 1 saturated carbocycles. The van der Waals surface area contributed by atoms with Crippen LogP contribution in [0.4, 0.5) is 0 Å². The average molecular weight is 799 g/mol. The Labute approximate surface area is 317 Å². The van der Waals surface area contributed by atoms with Gasteiger partial charge in [-0.2, -0.15) is 0 Å². The topological polar surface area (TPSA) is 305 Å². The summed E-state index contributed by atoms with van der Waals surface area (Å²) in [4.78, 5) is 78.6. The van der Waals surface area contributed by atoms with Crippen LogP contribution in [0.2, 0.25) is 0 Å². The van der Waals surface area contributed by atoms with Crippen LogP contribution in [0.1, 0.15) is 58.3 Å². The highest BCUT2D eigenvalue weighted by Crippen LogP contribution is 2.46. The molecule has 0 aromatic rings. The number of rotatable bonds is 32. The lowest BCUT2D eigenvalue weighted by Gasteiger charge is -2.30. The minimum absolute atomic E-state index is 0.0267. The van der Waals surface area contributed by atoms with Gasteiger partial charge in [0.2, 0.25) is 29.5 Å². The van der Waals surface area contributed by atoms with E-state index in [0.29, 0.717) is 31.8 Å². The van der Waals surface area contributed by atoms with Crippen molar-refractivity contribution in [3.05, 3.63) is 0 Å². The van der Waals surface area contributed by atoms with Crippen molar-refractivity contribution in [1.82, 2.24) is 26.6 Å². The maximum absolute atomic E-state index is 13.3. The maximum atomic E-state index is 13.3. The van der Waals surface area contributed by atoms with Crippen LogP contribution < -0.4 is 44.3 Å². The Morgan fingerprint density at radius 1 is 0.630 bits per heavy atom. The first-order valence-electron chi connectivity index (χ1n) is 18.3. The Hall–Kier alpha value is -2.82. The van der Waals surface area contributed by atoms with E-state index in [9.17, 15) is 28.5 Å². The highest BCUT2D eigenvalue weighted by atomic mass is 31.2. The predicted molar refractivity (Wildman–Crippen MR) is 195 cm³/mol. The number of nitrogens with two attached hydrogens (primary N) is 3. The van der Waals surface area contributed by atoms with Crippen LogP contribution in [0.15, 0.2) is 0 Å². The van der Waals surface area contributed by atoms with Gasteiger partial charge in [-0.3, -0.25) is 28.5 Å². The Bertz CT molecular complexity index is 1130. The van der Waals surface area contributed by atoms with E-state index < -0.39 is 43.1 Å². The van der Waals surface area contributed by atoms with Gasteiger partial charge in [0.05, 0.1) is 65.6 Å². The summed E-state index contributed by atoms with van der Waals surface area (Å²) in [6.07, 6.45) is 1.86. The van der Waals surface area contributed by atoms with Crippen LogP contribution in [0.25, 0.3) is 0 Å². The van der Waals surface area contributed by atoms with Gasteiger partial charge >= 0.3 is 0 Å². The van der Waals surface area contributed by atoms with Crippen molar-refractivity contribution in [3.8, 4) is 0 Å². The van der Waals surface area contributed by atoms with E-state index in [4.69, 9.17) is 36.4 Å². The molecule has 3 atom stereocenters. The number of amides is 5. The van der Waals surface area contributed by atoms with E-state index in [-0.39, 0.29) is 123 Å². The van der Waals surface area contributed by atoms with Gasteiger partial charge in [0.15, 0.2) is 7.37 Å². The maximum Gasteiger partial charge on any atom is 0.242 e. The molecule has 0 radical (unpaired) electrons. The lowest BCUT2D eigenvalue weighted by molar-refractivity contribution is -0.133. The van der Waals surface area contributed by atoms with Crippen molar-refractivity contribution >= 4 is 36.9 Å². The molecule has 314 valence electrons. The summed E-state index contributed by atoms with van der Waals surface area (Å²) in [6, 6.07) is -2.17. The molecule has 1 aliphatic rings. The Morgan fingerprint density at radius 3 is 1.54 bits per heavy atom. The second kappa shape index (κ2) is 30.4. The van der Waals surface area contributed by atoms with Crippen molar-refractivity contribution in [1.29, 1.82) is 0 Å². The molecule has 0 aromatic carbocycles. The van der Waals surface area contributed by atoms with Crippen molar-refractivity contribution in [2.24, 2.45) is 23.6 Å². The zero-order valence-corrected chi connectivity index (χ0v) is 32.5. The highest BCUT2D eigenvalue weighted by molar-refractivity contribution is 7.58. The number of hydrogen-bond acceptors (Lipinski definition) is 16. The molecule has 0 spiro atoms. The lowest BCUT2D eigenvalue weighted by Crippen LogP contribution is -2.51. The molecule has 1 aliphatic carbocycles. The van der Waals surface area contributed by atoms with E-state index in [1.165, 1.54) is 0 Å². The fourth-order valence-electron chi connectivity index (χ4n) is 5.18. The number of nitrogens with one attached hydrogen (secondary N) is 5. The molecule has 22 heteroatoms. The van der Waals surface area contributed by atoms with E-state index in [2.05, 4.69) is 41.1 Å². The van der Waals surface area contributed by atoms with Crippen LogP contribution in [0, 0.1) is 5.92 Å². The largest absolute Gasteiger partial charge is 0.377 e. The van der Waals surface area contributed by atoms with Gasteiger partial charge < -0.3 is 59.8 Å². The first-order chi connectivity index (χ1) is 26.0. The van der Waals surface area contributed by atoms with E-state index in [1.807, 2.05) is 0 Å². The van der Waals surface area contributed by atoms with Crippen molar-refractivity contribution in [3.63, 3.8) is 0 Å². The van der Waals surface area contributed by atoms with Gasteiger partial charge in [0, 0.05) is 51.2 Å². The lowest BCUT2D eigenvalue weighted by atomic mass is 9.86. The Balaban J connectivity index is 2.86. The highest BCUT2D eigenvalue weighted by Gasteiger charge is 2.32. The zero-order chi connectivity index (χ0) is 40.0. The van der Waals surface area contributed by atoms with Crippen LogP contribution in [-0.2, 0) is 61.8 Å². The summed E-state index contributed by atoms with van der Waals surface area (Å²) in [5.41, 5.74) is 0. The SMILES string of the molecule is CCP(C)(=O)OC1CCC(C(=O)NC(CCC(=O)NC(CCC(=O)NCCOCCON)C(=O)NCCOCCON)C(=O)NCCOCCON)CC1. The second-order valence-corrected chi connectivity index (χ2v) is 15.4. The summed E-state index contributed by atoms with van der Waals surface area (Å²) < 4.78 is 34.1. The first-order valence-corrected chi connectivity index (χ1v) is 20.6. The van der Waals surface area contributed by atoms with Gasteiger partial charge in [-0.1, -0.05) is 6.92 Å². The van der Waals surface area contributed by atoms with Crippen molar-refractivity contribution in [2.75, 3.05) is 91.9 Å². The van der Waals surface area contributed by atoms with Crippen LogP contribution >= 0.6 is 7.37 Å². The molecule has 5 amide bonds. The summed E-state index contributed by atoms with van der Waals surface area (Å²) in [5.74, 6) is 12.2.